The summed E-state index contributed by atoms with van der Waals surface area (Å²) in [5.41, 5.74) is 0. The summed E-state index contributed by atoms with van der Waals surface area (Å²) in [6.45, 7) is 4.24. The smallest absolute Gasteiger partial charge is 0.156 e. The molecule has 2 rings (SSSR count). The second-order valence-electron chi connectivity index (χ2n) is 6.33. The first-order chi connectivity index (χ1) is 8.41. The molecular formula is C14H24O3S. The zero-order valence-corrected chi connectivity index (χ0v) is 12.2. The number of hydrogen-bond donors (Lipinski definition) is 0. The van der Waals surface area contributed by atoms with Crippen molar-refractivity contribution in [1.82, 2.24) is 0 Å². The summed E-state index contributed by atoms with van der Waals surface area (Å²) in [4.78, 5) is 12.1. The lowest BCUT2D eigenvalue weighted by Gasteiger charge is -2.38. The predicted molar refractivity (Wildman–Crippen MR) is 72.1 cm³/mol. The summed E-state index contributed by atoms with van der Waals surface area (Å²) in [5, 5.41) is -0.448. The van der Waals surface area contributed by atoms with Crippen molar-refractivity contribution in [3.8, 4) is 0 Å². The molecule has 18 heavy (non-hydrogen) atoms. The quantitative estimate of drug-likeness (QED) is 0.790. The van der Waals surface area contributed by atoms with Crippen molar-refractivity contribution in [2.45, 2.75) is 69.3 Å². The van der Waals surface area contributed by atoms with E-state index in [1.54, 1.807) is 0 Å². The van der Waals surface area contributed by atoms with Crippen LogP contribution >= 0.6 is 0 Å². The van der Waals surface area contributed by atoms with Gasteiger partial charge in [-0.2, -0.15) is 0 Å². The van der Waals surface area contributed by atoms with E-state index in [-0.39, 0.29) is 16.4 Å². The van der Waals surface area contributed by atoms with Crippen LogP contribution in [0, 0.1) is 11.8 Å². The Morgan fingerprint density at radius 1 is 1.17 bits per heavy atom. The zero-order chi connectivity index (χ0) is 13.3. The summed E-state index contributed by atoms with van der Waals surface area (Å²) in [6.07, 6.45) is 5.30. The van der Waals surface area contributed by atoms with E-state index < -0.39 is 9.84 Å². The molecule has 2 bridgehead atoms. The Morgan fingerprint density at radius 2 is 1.72 bits per heavy atom. The minimum Gasteiger partial charge on any atom is -0.299 e. The summed E-state index contributed by atoms with van der Waals surface area (Å²) in [7, 11) is -2.92. The third-order valence-corrected chi connectivity index (χ3v) is 7.21. The van der Waals surface area contributed by atoms with Gasteiger partial charge in [-0.1, -0.05) is 20.3 Å². The Balaban J connectivity index is 2.00. The topological polar surface area (TPSA) is 51.2 Å². The fourth-order valence-corrected chi connectivity index (χ4v) is 5.84. The summed E-state index contributed by atoms with van der Waals surface area (Å²) in [5.74, 6) is 0.860. The van der Waals surface area contributed by atoms with Crippen molar-refractivity contribution >= 4 is 15.6 Å². The first-order valence-electron chi connectivity index (χ1n) is 7.16. The largest absolute Gasteiger partial charge is 0.299 e. The Labute approximate surface area is 110 Å². The fourth-order valence-electron chi connectivity index (χ4n) is 3.31. The van der Waals surface area contributed by atoms with Crippen molar-refractivity contribution in [3.05, 3.63) is 0 Å². The van der Waals surface area contributed by atoms with Crippen LogP contribution in [0.15, 0.2) is 0 Å². The lowest BCUT2D eigenvalue weighted by atomic mass is 9.84. The van der Waals surface area contributed by atoms with Gasteiger partial charge in [-0.15, -0.1) is 0 Å². The molecule has 2 saturated heterocycles. The molecule has 2 aliphatic heterocycles. The molecule has 0 aromatic rings. The first kappa shape index (κ1) is 14.0. The van der Waals surface area contributed by atoms with Crippen LogP contribution in [0.5, 0.6) is 0 Å². The summed E-state index contributed by atoms with van der Waals surface area (Å²) >= 11 is 0. The third-order valence-electron chi connectivity index (χ3n) is 4.50. The minimum atomic E-state index is -2.92. The van der Waals surface area contributed by atoms with E-state index in [0.717, 1.165) is 25.7 Å². The number of carbonyl (C=O) groups excluding carboxylic acids is 1. The van der Waals surface area contributed by atoms with Gasteiger partial charge in [0, 0.05) is 12.3 Å². The highest BCUT2D eigenvalue weighted by atomic mass is 32.2. The SMILES string of the molecule is CC(C)CCC(=O)C1CC2CCCC(C1)S2(=O)=O. The molecule has 2 heterocycles. The standard InChI is InChI=1S/C14H24O3S/c1-10(2)6-7-14(15)11-8-12-4-3-5-13(9-11)18(12,16)17/h10-13H,3-9H2,1-2H3. The van der Waals surface area contributed by atoms with E-state index in [1.807, 2.05) is 0 Å². The van der Waals surface area contributed by atoms with Gasteiger partial charge in [0.2, 0.25) is 0 Å². The van der Waals surface area contributed by atoms with E-state index >= 15 is 0 Å². The van der Waals surface area contributed by atoms with Gasteiger partial charge in [0.05, 0.1) is 10.5 Å². The molecule has 0 saturated carbocycles. The Morgan fingerprint density at radius 3 is 2.22 bits per heavy atom. The Hall–Kier alpha value is -0.380. The Bertz CT molecular complexity index is 391. The second kappa shape index (κ2) is 5.32. The monoisotopic (exact) mass is 272 g/mol. The van der Waals surface area contributed by atoms with Crippen LogP contribution in [-0.2, 0) is 14.6 Å². The number of sulfone groups is 1. The third kappa shape index (κ3) is 2.79. The second-order valence-corrected chi connectivity index (χ2v) is 8.84. The number of fused-ring (bicyclic) bond motifs is 2. The van der Waals surface area contributed by atoms with Gasteiger partial charge in [-0.3, -0.25) is 4.79 Å². The highest BCUT2D eigenvalue weighted by Gasteiger charge is 2.45. The normalized spacial score (nSPS) is 34.5. The number of ketones is 1. The van der Waals surface area contributed by atoms with Crippen LogP contribution in [0.4, 0.5) is 0 Å². The maximum Gasteiger partial charge on any atom is 0.156 e. The van der Waals surface area contributed by atoms with Gasteiger partial charge in [-0.05, 0) is 38.0 Å². The molecule has 4 heteroatoms. The van der Waals surface area contributed by atoms with Gasteiger partial charge in [0.25, 0.3) is 0 Å². The van der Waals surface area contributed by atoms with Crippen molar-refractivity contribution < 1.29 is 13.2 Å². The Kier molecular flexibility index (Phi) is 4.15. The predicted octanol–water partition coefficient (Wildman–Crippen LogP) is 2.74. The molecule has 3 nitrogen and oxygen atoms in total. The molecule has 2 aliphatic rings. The highest BCUT2D eigenvalue weighted by Crippen LogP contribution is 2.40. The van der Waals surface area contributed by atoms with Crippen molar-refractivity contribution in [2.75, 3.05) is 0 Å². The van der Waals surface area contributed by atoms with Crippen LogP contribution in [0.1, 0.15) is 58.8 Å². The van der Waals surface area contributed by atoms with Crippen LogP contribution < -0.4 is 0 Å². The molecule has 0 aromatic carbocycles. The van der Waals surface area contributed by atoms with Gasteiger partial charge >= 0.3 is 0 Å². The molecule has 0 radical (unpaired) electrons. The fraction of sp³-hybridized carbons (Fsp3) is 0.929. The minimum absolute atomic E-state index is 0.0163. The molecule has 2 atom stereocenters. The van der Waals surface area contributed by atoms with Crippen LogP contribution in [0.3, 0.4) is 0 Å². The van der Waals surface area contributed by atoms with Gasteiger partial charge in [0.15, 0.2) is 9.84 Å². The molecule has 104 valence electrons. The van der Waals surface area contributed by atoms with Crippen LogP contribution in [-0.4, -0.2) is 24.7 Å². The summed E-state index contributed by atoms with van der Waals surface area (Å²) < 4.78 is 24.2. The first-order valence-corrected chi connectivity index (χ1v) is 8.77. The van der Waals surface area contributed by atoms with Crippen molar-refractivity contribution in [3.63, 3.8) is 0 Å². The van der Waals surface area contributed by atoms with Crippen LogP contribution in [0.25, 0.3) is 0 Å². The lowest BCUT2D eigenvalue weighted by Crippen LogP contribution is -2.45. The molecule has 2 fully saturated rings. The van der Waals surface area contributed by atoms with E-state index in [0.29, 0.717) is 31.0 Å². The molecular weight excluding hydrogens is 248 g/mol. The van der Waals surface area contributed by atoms with Gasteiger partial charge < -0.3 is 0 Å². The average Bonchev–Trinajstić information content (AvgIpc) is 2.24. The zero-order valence-electron chi connectivity index (χ0n) is 11.4. The van der Waals surface area contributed by atoms with E-state index in [4.69, 9.17) is 0 Å². The maximum absolute atomic E-state index is 12.1. The molecule has 0 aromatic heterocycles. The molecule has 0 N–H and O–H groups in total. The molecule has 0 aliphatic carbocycles. The van der Waals surface area contributed by atoms with Gasteiger partial charge in [0.1, 0.15) is 5.78 Å². The summed E-state index contributed by atoms with van der Waals surface area (Å²) in [6, 6.07) is 0. The highest BCUT2D eigenvalue weighted by molar-refractivity contribution is 7.92. The van der Waals surface area contributed by atoms with E-state index in [9.17, 15) is 13.2 Å². The number of carbonyl (C=O) groups is 1. The number of rotatable bonds is 4. The average molecular weight is 272 g/mol. The molecule has 0 spiro atoms. The van der Waals surface area contributed by atoms with Crippen molar-refractivity contribution in [2.24, 2.45) is 11.8 Å². The van der Waals surface area contributed by atoms with E-state index in [2.05, 4.69) is 13.8 Å². The maximum atomic E-state index is 12.1. The lowest BCUT2D eigenvalue weighted by molar-refractivity contribution is -0.123. The number of Topliss-reactive ketones (excluding diaryl/α,β-unsaturated/α-hetero) is 1. The molecule has 0 amide bonds. The number of hydrogen-bond acceptors (Lipinski definition) is 3. The van der Waals surface area contributed by atoms with Crippen LogP contribution in [0.2, 0.25) is 0 Å². The van der Waals surface area contributed by atoms with E-state index in [1.165, 1.54) is 0 Å². The van der Waals surface area contributed by atoms with Gasteiger partial charge in [-0.25, -0.2) is 8.42 Å². The molecule has 2 unspecified atom stereocenters. The van der Waals surface area contributed by atoms with Crippen molar-refractivity contribution in [1.29, 1.82) is 0 Å².